The number of carbonyl (C=O) groups is 1. The minimum Gasteiger partial charge on any atom is -0.331 e. The van der Waals surface area contributed by atoms with Gasteiger partial charge in [0.25, 0.3) is 0 Å². The molecule has 0 bridgehead atoms. The van der Waals surface area contributed by atoms with Crippen LogP contribution in [0.5, 0.6) is 0 Å². The summed E-state index contributed by atoms with van der Waals surface area (Å²) in [6.07, 6.45) is 1.11. The van der Waals surface area contributed by atoms with Crippen LogP contribution < -0.4 is 16.2 Å². The van der Waals surface area contributed by atoms with Crippen molar-refractivity contribution in [3.05, 3.63) is 65.2 Å². The number of hydrogen-bond acceptors (Lipinski definition) is 3. The molecular weight excluding hydrogens is 374 g/mol. The Kier molecular flexibility index (Phi) is 8.61. The summed E-state index contributed by atoms with van der Waals surface area (Å²) in [7, 11) is 0. The predicted octanol–water partition coefficient (Wildman–Crippen LogP) is 4.76. The molecule has 2 aromatic carbocycles. The van der Waals surface area contributed by atoms with Crippen molar-refractivity contribution in [3.8, 4) is 0 Å². The highest BCUT2D eigenvalue weighted by Gasteiger charge is 2.05. The van der Waals surface area contributed by atoms with Gasteiger partial charge in [0.15, 0.2) is 5.11 Å². The Balaban J connectivity index is 1.67. The lowest BCUT2D eigenvalue weighted by Crippen LogP contribution is -2.44. The Morgan fingerprint density at radius 3 is 2.37 bits per heavy atom. The number of anilines is 1. The third kappa shape index (κ3) is 7.61. The van der Waals surface area contributed by atoms with Crippen LogP contribution in [-0.2, 0) is 10.5 Å². The van der Waals surface area contributed by atoms with E-state index in [1.54, 1.807) is 11.8 Å². The van der Waals surface area contributed by atoms with Crippen molar-refractivity contribution in [2.45, 2.75) is 38.9 Å². The minimum atomic E-state index is -0.108. The van der Waals surface area contributed by atoms with Crippen LogP contribution in [0.25, 0.3) is 0 Å². The SMILES string of the molecule is CC[C@H](C)c1ccc(NC(=S)NNC(=O)CSCc2ccc(C)cc2)cc1. The maximum absolute atomic E-state index is 11.9. The molecule has 1 amide bonds. The van der Waals surface area contributed by atoms with Gasteiger partial charge in [0.2, 0.25) is 5.91 Å². The molecule has 2 aromatic rings. The summed E-state index contributed by atoms with van der Waals surface area (Å²) in [5.74, 6) is 1.61. The predicted molar refractivity (Wildman–Crippen MR) is 120 cm³/mol. The number of thioether (sulfide) groups is 1. The summed E-state index contributed by atoms with van der Waals surface area (Å²) in [6.45, 7) is 6.45. The maximum Gasteiger partial charge on any atom is 0.248 e. The van der Waals surface area contributed by atoms with Crippen LogP contribution in [0.4, 0.5) is 5.69 Å². The standard InChI is InChI=1S/C21H27N3OS2/c1-4-16(3)18-9-11-19(12-10-18)22-21(26)24-23-20(25)14-27-13-17-7-5-15(2)6-8-17/h5-12,16H,4,13-14H2,1-3H3,(H,23,25)(H2,22,24,26)/t16-/m0/s1. The molecular formula is C21H27N3OS2. The lowest BCUT2D eigenvalue weighted by molar-refractivity contribution is -0.119. The van der Waals surface area contributed by atoms with Crippen LogP contribution in [0, 0.1) is 6.92 Å². The largest absolute Gasteiger partial charge is 0.331 e. The van der Waals surface area contributed by atoms with E-state index in [-0.39, 0.29) is 5.91 Å². The minimum absolute atomic E-state index is 0.108. The first-order valence-electron chi connectivity index (χ1n) is 9.07. The number of rotatable bonds is 7. The number of hydrazine groups is 1. The van der Waals surface area contributed by atoms with Crippen molar-refractivity contribution in [2.75, 3.05) is 11.1 Å². The molecule has 1 atom stereocenters. The van der Waals surface area contributed by atoms with Gasteiger partial charge in [-0.2, -0.15) is 0 Å². The second kappa shape index (κ2) is 10.9. The summed E-state index contributed by atoms with van der Waals surface area (Å²) >= 11 is 6.79. The molecule has 0 aromatic heterocycles. The molecule has 2 rings (SSSR count). The van der Waals surface area contributed by atoms with E-state index in [0.717, 1.165) is 17.9 Å². The number of hydrogen-bond donors (Lipinski definition) is 3. The molecule has 0 aliphatic heterocycles. The molecule has 0 radical (unpaired) electrons. The van der Waals surface area contributed by atoms with Crippen LogP contribution >= 0.6 is 24.0 Å². The molecule has 0 spiro atoms. The number of carbonyl (C=O) groups excluding carboxylic acids is 1. The zero-order valence-electron chi connectivity index (χ0n) is 16.0. The second-order valence-corrected chi connectivity index (χ2v) is 7.93. The molecule has 144 valence electrons. The lowest BCUT2D eigenvalue weighted by atomic mass is 9.99. The molecule has 0 heterocycles. The highest BCUT2D eigenvalue weighted by Crippen LogP contribution is 2.20. The molecule has 0 unspecified atom stereocenters. The van der Waals surface area contributed by atoms with Crippen LogP contribution in [-0.4, -0.2) is 16.8 Å². The fourth-order valence-electron chi connectivity index (χ4n) is 2.40. The molecule has 0 aliphatic carbocycles. The van der Waals surface area contributed by atoms with Crippen molar-refractivity contribution < 1.29 is 4.79 Å². The first kappa shape index (κ1) is 21.3. The number of aryl methyl sites for hydroxylation is 1. The van der Waals surface area contributed by atoms with Gasteiger partial charge in [-0.05, 0) is 54.7 Å². The Bertz CT molecular complexity index is 745. The van der Waals surface area contributed by atoms with Gasteiger partial charge in [-0.25, -0.2) is 0 Å². The van der Waals surface area contributed by atoms with Gasteiger partial charge in [0, 0.05) is 11.4 Å². The molecule has 0 saturated heterocycles. The highest BCUT2D eigenvalue weighted by atomic mass is 32.2. The van der Waals surface area contributed by atoms with E-state index >= 15 is 0 Å². The summed E-state index contributed by atoms with van der Waals surface area (Å²) in [5.41, 5.74) is 10.0. The van der Waals surface area contributed by atoms with Crippen molar-refractivity contribution >= 4 is 40.7 Å². The van der Waals surface area contributed by atoms with Crippen LogP contribution in [0.1, 0.15) is 42.9 Å². The quantitative estimate of drug-likeness (QED) is 0.461. The van der Waals surface area contributed by atoms with E-state index < -0.39 is 0 Å². The van der Waals surface area contributed by atoms with Crippen molar-refractivity contribution in [1.82, 2.24) is 10.9 Å². The normalized spacial score (nSPS) is 11.5. The van der Waals surface area contributed by atoms with Gasteiger partial charge < -0.3 is 5.32 Å². The van der Waals surface area contributed by atoms with Gasteiger partial charge >= 0.3 is 0 Å². The Morgan fingerprint density at radius 2 is 1.74 bits per heavy atom. The first-order valence-corrected chi connectivity index (χ1v) is 10.6. The number of amides is 1. The third-order valence-corrected chi connectivity index (χ3v) is 5.50. The Hall–Kier alpha value is -2.05. The molecule has 4 nitrogen and oxygen atoms in total. The molecule has 0 fully saturated rings. The number of benzene rings is 2. The van der Waals surface area contributed by atoms with E-state index in [9.17, 15) is 4.79 Å². The molecule has 3 N–H and O–H groups in total. The fourth-order valence-corrected chi connectivity index (χ4v) is 3.36. The lowest BCUT2D eigenvalue weighted by Gasteiger charge is -2.13. The van der Waals surface area contributed by atoms with E-state index in [2.05, 4.69) is 73.3 Å². The monoisotopic (exact) mass is 401 g/mol. The zero-order valence-corrected chi connectivity index (χ0v) is 17.7. The van der Waals surface area contributed by atoms with Gasteiger partial charge in [-0.15, -0.1) is 11.8 Å². The van der Waals surface area contributed by atoms with Gasteiger partial charge in [-0.1, -0.05) is 55.8 Å². The zero-order chi connectivity index (χ0) is 19.6. The van der Waals surface area contributed by atoms with Crippen molar-refractivity contribution in [2.24, 2.45) is 0 Å². The van der Waals surface area contributed by atoms with Crippen LogP contribution in [0.2, 0.25) is 0 Å². The third-order valence-electron chi connectivity index (χ3n) is 4.29. The molecule has 27 heavy (non-hydrogen) atoms. The highest BCUT2D eigenvalue weighted by molar-refractivity contribution is 7.99. The number of nitrogens with one attached hydrogen (secondary N) is 3. The van der Waals surface area contributed by atoms with Crippen molar-refractivity contribution in [1.29, 1.82) is 0 Å². The molecule has 6 heteroatoms. The molecule has 0 saturated carbocycles. The molecule has 0 aliphatic rings. The van der Waals surface area contributed by atoms with E-state index in [0.29, 0.717) is 16.8 Å². The smallest absolute Gasteiger partial charge is 0.248 e. The van der Waals surface area contributed by atoms with Gasteiger partial charge in [-0.3, -0.25) is 15.6 Å². The van der Waals surface area contributed by atoms with E-state index in [1.807, 2.05) is 12.1 Å². The maximum atomic E-state index is 11.9. The average molecular weight is 402 g/mol. The van der Waals surface area contributed by atoms with E-state index in [4.69, 9.17) is 12.2 Å². The van der Waals surface area contributed by atoms with Crippen LogP contribution in [0.3, 0.4) is 0 Å². The van der Waals surface area contributed by atoms with Gasteiger partial charge in [0.05, 0.1) is 5.75 Å². The number of thiocarbonyl (C=S) groups is 1. The Labute approximate surface area is 171 Å². The summed E-state index contributed by atoms with van der Waals surface area (Å²) in [5, 5.41) is 3.43. The van der Waals surface area contributed by atoms with Crippen LogP contribution in [0.15, 0.2) is 48.5 Å². The van der Waals surface area contributed by atoms with Crippen molar-refractivity contribution in [3.63, 3.8) is 0 Å². The topological polar surface area (TPSA) is 53.2 Å². The van der Waals surface area contributed by atoms with Gasteiger partial charge in [0.1, 0.15) is 0 Å². The van der Waals surface area contributed by atoms with E-state index in [1.165, 1.54) is 16.7 Å². The first-order chi connectivity index (χ1) is 13.0. The second-order valence-electron chi connectivity index (χ2n) is 6.54. The summed E-state index contributed by atoms with van der Waals surface area (Å²) in [6, 6.07) is 16.5. The average Bonchev–Trinajstić information content (AvgIpc) is 2.68. The summed E-state index contributed by atoms with van der Waals surface area (Å²) in [4.78, 5) is 11.9. The Morgan fingerprint density at radius 1 is 1.07 bits per heavy atom. The fraction of sp³-hybridized carbons (Fsp3) is 0.333. The summed E-state index contributed by atoms with van der Waals surface area (Å²) < 4.78 is 0.